The van der Waals surface area contributed by atoms with Crippen LogP contribution in [0.1, 0.15) is 45.2 Å². The lowest BCUT2D eigenvalue weighted by atomic mass is 9.86. The molecule has 2 nitrogen and oxygen atoms in total. The number of rotatable bonds is 3. The second kappa shape index (κ2) is 6.27. The molecule has 0 aromatic heterocycles. The van der Waals surface area contributed by atoms with Crippen molar-refractivity contribution >= 4 is 21.6 Å². The first-order chi connectivity index (χ1) is 8.99. The number of hydrogen-bond acceptors (Lipinski definition) is 2. The highest BCUT2D eigenvalue weighted by molar-refractivity contribution is 9.10. The lowest BCUT2D eigenvalue weighted by Gasteiger charge is -2.36. The summed E-state index contributed by atoms with van der Waals surface area (Å²) in [4.78, 5) is 2.49. The first-order valence-electron chi connectivity index (χ1n) is 7.29. The molecule has 0 saturated carbocycles. The number of piperidine rings is 1. The van der Waals surface area contributed by atoms with Crippen LogP contribution in [0.5, 0.6) is 0 Å². The second-order valence-electron chi connectivity index (χ2n) is 6.07. The zero-order valence-electron chi connectivity index (χ0n) is 12.2. The molecule has 0 unspecified atom stereocenters. The normalized spacial score (nSPS) is 18.9. The SMILES string of the molecule is CC(C)C1CCN(c2ccc([C@H](C)N)cc2Br)CC1. The average molecular weight is 325 g/mol. The van der Waals surface area contributed by atoms with Crippen LogP contribution in [0, 0.1) is 11.8 Å². The van der Waals surface area contributed by atoms with Gasteiger partial charge in [0.2, 0.25) is 0 Å². The van der Waals surface area contributed by atoms with Crippen LogP contribution in [0.4, 0.5) is 5.69 Å². The quantitative estimate of drug-likeness (QED) is 0.896. The van der Waals surface area contributed by atoms with Crippen molar-refractivity contribution in [1.82, 2.24) is 0 Å². The molecule has 19 heavy (non-hydrogen) atoms. The van der Waals surface area contributed by atoms with Gasteiger partial charge in [-0.05, 0) is 65.2 Å². The Labute approximate surface area is 125 Å². The van der Waals surface area contributed by atoms with E-state index in [0.29, 0.717) is 0 Å². The number of nitrogens with zero attached hydrogens (tertiary/aromatic N) is 1. The first-order valence-corrected chi connectivity index (χ1v) is 8.08. The van der Waals surface area contributed by atoms with Gasteiger partial charge in [0.15, 0.2) is 0 Å². The van der Waals surface area contributed by atoms with Gasteiger partial charge in [-0.15, -0.1) is 0 Å². The number of nitrogens with two attached hydrogens (primary N) is 1. The van der Waals surface area contributed by atoms with Gasteiger partial charge < -0.3 is 10.6 Å². The fraction of sp³-hybridized carbons (Fsp3) is 0.625. The van der Waals surface area contributed by atoms with E-state index in [1.807, 2.05) is 6.92 Å². The zero-order chi connectivity index (χ0) is 14.0. The molecule has 1 aliphatic heterocycles. The molecule has 1 saturated heterocycles. The fourth-order valence-electron chi connectivity index (χ4n) is 2.87. The van der Waals surface area contributed by atoms with Crippen molar-refractivity contribution in [3.8, 4) is 0 Å². The summed E-state index contributed by atoms with van der Waals surface area (Å²) in [7, 11) is 0. The van der Waals surface area contributed by atoms with Crippen molar-refractivity contribution in [2.45, 2.75) is 39.7 Å². The lowest BCUT2D eigenvalue weighted by molar-refractivity contribution is 0.311. The molecule has 2 N–H and O–H groups in total. The van der Waals surface area contributed by atoms with E-state index < -0.39 is 0 Å². The Kier molecular flexibility index (Phi) is 4.91. The Bertz CT molecular complexity index is 421. The second-order valence-corrected chi connectivity index (χ2v) is 6.92. The van der Waals surface area contributed by atoms with Crippen molar-refractivity contribution in [2.75, 3.05) is 18.0 Å². The molecule has 2 rings (SSSR count). The Morgan fingerprint density at radius 3 is 2.32 bits per heavy atom. The summed E-state index contributed by atoms with van der Waals surface area (Å²) >= 11 is 3.70. The molecule has 1 atom stereocenters. The fourth-order valence-corrected chi connectivity index (χ4v) is 3.52. The van der Waals surface area contributed by atoms with Crippen molar-refractivity contribution in [3.05, 3.63) is 28.2 Å². The molecule has 1 heterocycles. The summed E-state index contributed by atoms with van der Waals surface area (Å²) in [5, 5.41) is 0. The molecule has 0 amide bonds. The minimum absolute atomic E-state index is 0.0945. The van der Waals surface area contributed by atoms with Gasteiger partial charge in [-0.1, -0.05) is 19.9 Å². The molecule has 0 aliphatic carbocycles. The summed E-state index contributed by atoms with van der Waals surface area (Å²) in [6.07, 6.45) is 2.61. The lowest BCUT2D eigenvalue weighted by Crippen LogP contribution is -2.35. The van der Waals surface area contributed by atoms with Crippen molar-refractivity contribution < 1.29 is 0 Å². The topological polar surface area (TPSA) is 29.3 Å². The van der Waals surface area contributed by atoms with Crippen molar-refractivity contribution in [3.63, 3.8) is 0 Å². The third-order valence-corrected chi connectivity index (χ3v) is 4.96. The maximum atomic E-state index is 5.93. The smallest absolute Gasteiger partial charge is 0.0510 e. The maximum Gasteiger partial charge on any atom is 0.0510 e. The molecule has 1 aliphatic rings. The van der Waals surface area contributed by atoms with Crippen LogP contribution >= 0.6 is 15.9 Å². The van der Waals surface area contributed by atoms with Crippen LogP contribution in [0.15, 0.2) is 22.7 Å². The van der Waals surface area contributed by atoms with Gasteiger partial charge in [0.1, 0.15) is 0 Å². The summed E-state index contributed by atoms with van der Waals surface area (Å²) in [5.41, 5.74) is 8.43. The Morgan fingerprint density at radius 2 is 1.84 bits per heavy atom. The molecule has 0 bridgehead atoms. The van der Waals surface area contributed by atoms with E-state index in [4.69, 9.17) is 5.73 Å². The monoisotopic (exact) mass is 324 g/mol. The van der Waals surface area contributed by atoms with E-state index in [2.05, 4.69) is 52.9 Å². The third kappa shape index (κ3) is 3.51. The standard InChI is InChI=1S/C16H25BrN2/c1-11(2)13-6-8-19(9-7-13)16-5-4-14(12(3)18)10-15(16)17/h4-5,10-13H,6-9,18H2,1-3H3/t12-/m0/s1. The van der Waals surface area contributed by atoms with Crippen LogP contribution < -0.4 is 10.6 Å². The van der Waals surface area contributed by atoms with Gasteiger partial charge in [0.25, 0.3) is 0 Å². The first kappa shape index (κ1) is 14.9. The van der Waals surface area contributed by atoms with Crippen molar-refractivity contribution in [1.29, 1.82) is 0 Å². The minimum Gasteiger partial charge on any atom is -0.371 e. The van der Waals surface area contributed by atoms with Crippen LogP contribution in [-0.2, 0) is 0 Å². The Morgan fingerprint density at radius 1 is 1.21 bits per heavy atom. The molecular formula is C16H25BrN2. The number of halogens is 1. The van der Waals surface area contributed by atoms with Crippen LogP contribution in [-0.4, -0.2) is 13.1 Å². The van der Waals surface area contributed by atoms with Gasteiger partial charge in [0, 0.05) is 23.6 Å². The highest BCUT2D eigenvalue weighted by Gasteiger charge is 2.22. The molecule has 1 fully saturated rings. The maximum absolute atomic E-state index is 5.93. The van der Waals surface area contributed by atoms with E-state index in [0.717, 1.165) is 11.8 Å². The van der Waals surface area contributed by atoms with E-state index in [9.17, 15) is 0 Å². The Hall–Kier alpha value is -0.540. The highest BCUT2D eigenvalue weighted by Crippen LogP contribution is 2.33. The van der Waals surface area contributed by atoms with Gasteiger partial charge in [-0.3, -0.25) is 0 Å². The highest BCUT2D eigenvalue weighted by atomic mass is 79.9. The van der Waals surface area contributed by atoms with Gasteiger partial charge in [-0.25, -0.2) is 0 Å². The van der Waals surface area contributed by atoms with E-state index in [1.165, 1.54) is 41.7 Å². The predicted molar refractivity (Wildman–Crippen MR) is 86.5 cm³/mol. The van der Waals surface area contributed by atoms with Crippen LogP contribution in [0.25, 0.3) is 0 Å². The summed E-state index contributed by atoms with van der Waals surface area (Å²) in [5.74, 6) is 1.70. The summed E-state index contributed by atoms with van der Waals surface area (Å²) in [6, 6.07) is 6.61. The molecular weight excluding hydrogens is 300 g/mol. The third-order valence-electron chi connectivity index (χ3n) is 4.32. The molecule has 3 heteroatoms. The Balaban J connectivity index is 2.07. The number of hydrogen-bond donors (Lipinski definition) is 1. The molecule has 0 spiro atoms. The minimum atomic E-state index is 0.0945. The summed E-state index contributed by atoms with van der Waals surface area (Å²) < 4.78 is 1.17. The predicted octanol–water partition coefficient (Wildman–Crippen LogP) is 4.34. The zero-order valence-corrected chi connectivity index (χ0v) is 13.8. The average Bonchev–Trinajstić information content (AvgIpc) is 2.38. The van der Waals surface area contributed by atoms with E-state index in [-0.39, 0.29) is 6.04 Å². The number of anilines is 1. The molecule has 1 aromatic carbocycles. The molecule has 1 aromatic rings. The number of benzene rings is 1. The van der Waals surface area contributed by atoms with Gasteiger partial charge in [0.05, 0.1) is 5.69 Å². The molecule has 0 radical (unpaired) electrons. The molecule has 106 valence electrons. The van der Waals surface area contributed by atoms with E-state index in [1.54, 1.807) is 0 Å². The van der Waals surface area contributed by atoms with Crippen molar-refractivity contribution in [2.24, 2.45) is 17.6 Å². The van der Waals surface area contributed by atoms with E-state index >= 15 is 0 Å². The van der Waals surface area contributed by atoms with Gasteiger partial charge >= 0.3 is 0 Å². The van der Waals surface area contributed by atoms with Crippen LogP contribution in [0.3, 0.4) is 0 Å². The largest absolute Gasteiger partial charge is 0.371 e. The van der Waals surface area contributed by atoms with Gasteiger partial charge in [-0.2, -0.15) is 0 Å². The summed E-state index contributed by atoms with van der Waals surface area (Å²) in [6.45, 7) is 9.04. The van der Waals surface area contributed by atoms with Crippen LogP contribution in [0.2, 0.25) is 0 Å².